The highest BCUT2D eigenvalue weighted by Crippen LogP contribution is 2.36. The van der Waals surface area contributed by atoms with Gasteiger partial charge in [-0.05, 0) is 25.7 Å². The summed E-state index contributed by atoms with van der Waals surface area (Å²) in [6, 6.07) is -0.451. The van der Waals surface area contributed by atoms with Crippen LogP contribution in [0.5, 0.6) is 0 Å². The Hall–Kier alpha value is -1.24. The third-order valence-corrected chi connectivity index (χ3v) is 7.05. The van der Waals surface area contributed by atoms with E-state index < -0.39 is 17.4 Å². The van der Waals surface area contributed by atoms with E-state index in [0.29, 0.717) is 24.5 Å². The van der Waals surface area contributed by atoms with Crippen LogP contribution >= 0.6 is 11.8 Å². The number of rotatable bonds is 5. The van der Waals surface area contributed by atoms with Gasteiger partial charge in [0.15, 0.2) is 0 Å². The van der Waals surface area contributed by atoms with Crippen LogP contribution in [0.25, 0.3) is 0 Å². The van der Waals surface area contributed by atoms with Gasteiger partial charge in [-0.3, -0.25) is 14.4 Å². The standard InChI is InChI=1S/C18H28N2O4S/c21-15(19-11-18(17(23)24)8-4-1-5-9-18)14-10-25-12-20(14)16(22)13-6-2-3-7-13/h13-14H,1-12H2,(H,19,21)(H,23,24). The Morgan fingerprint density at radius 1 is 1.08 bits per heavy atom. The zero-order chi connectivity index (χ0) is 17.9. The largest absolute Gasteiger partial charge is 0.481 e. The van der Waals surface area contributed by atoms with Crippen molar-refractivity contribution in [3.63, 3.8) is 0 Å². The highest BCUT2D eigenvalue weighted by atomic mass is 32.2. The van der Waals surface area contributed by atoms with Gasteiger partial charge in [0.05, 0.1) is 11.3 Å². The number of aliphatic carboxylic acids is 1. The van der Waals surface area contributed by atoms with Crippen molar-refractivity contribution in [3.8, 4) is 0 Å². The van der Waals surface area contributed by atoms with E-state index in [2.05, 4.69) is 5.32 Å². The molecular formula is C18H28N2O4S. The number of nitrogens with zero attached hydrogens (tertiary/aromatic N) is 1. The molecule has 0 aromatic carbocycles. The lowest BCUT2D eigenvalue weighted by Crippen LogP contribution is -2.52. The number of amides is 2. The molecular weight excluding hydrogens is 340 g/mol. The Morgan fingerprint density at radius 3 is 2.40 bits per heavy atom. The maximum absolute atomic E-state index is 12.7. The van der Waals surface area contributed by atoms with E-state index >= 15 is 0 Å². The fourth-order valence-corrected chi connectivity index (χ4v) is 5.52. The first-order chi connectivity index (χ1) is 12.0. The molecule has 1 saturated heterocycles. The summed E-state index contributed by atoms with van der Waals surface area (Å²) in [5.74, 6) is 0.336. The van der Waals surface area contributed by atoms with Gasteiger partial charge in [0, 0.05) is 18.2 Å². The SMILES string of the molecule is O=C(NCC1(C(=O)O)CCCCC1)C1CSCN1C(=O)C1CCCC1. The molecule has 2 amide bonds. The summed E-state index contributed by atoms with van der Waals surface area (Å²) in [6.45, 7) is 0.174. The molecule has 25 heavy (non-hydrogen) atoms. The zero-order valence-corrected chi connectivity index (χ0v) is 15.5. The average Bonchev–Trinajstić information content (AvgIpc) is 3.31. The van der Waals surface area contributed by atoms with Crippen LogP contribution in [-0.4, -0.2) is 52.0 Å². The van der Waals surface area contributed by atoms with E-state index in [4.69, 9.17) is 0 Å². The van der Waals surface area contributed by atoms with E-state index in [9.17, 15) is 19.5 Å². The molecule has 0 aromatic heterocycles. The predicted octanol–water partition coefficient (Wildman–Crippen LogP) is 2.23. The first-order valence-electron chi connectivity index (χ1n) is 9.43. The molecule has 0 spiro atoms. The molecule has 1 unspecified atom stereocenters. The molecule has 3 aliphatic rings. The summed E-state index contributed by atoms with van der Waals surface area (Å²) in [5, 5.41) is 12.5. The van der Waals surface area contributed by atoms with E-state index in [1.54, 1.807) is 16.7 Å². The van der Waals surface area contributed by atoms with Crippen LogP contribution in [0.4, 0.5) is 0 Å². The Labute approximate surface area is 153 Å². The number of carboxylic acid groups (broad SMARTS) is 1. The Balaban J connectivity index is 1.59. The number of carbonyl (C=O) groups excluding carboxylic acids is 2. The molecule has 0 aromatic rings. The van der Waals surface area contributed by atoms with Crippen molar-refractivity contribution in [2.75, 3.05) is 18.2 Å². The van der Waals surface area contributed by atoms with Gasteiger partial charge < -0.3 is 15.3 Å². The summed E-state index contributed by atoms with van der Waals surface area (Å²) >= 11 is 1.60. The summed E-state index contributed by atoms with van der Waals surface area (Å²) < 4.78 is 0. The van der Waals surface area contributed by atoms with Gasteiger partial charge in [0.1, 0.15) is 6.04 Å². The summed E-state index contributed by atoms with van der Waals surface area (Å²) in [6.07, 6.45) is 8.13. The number of hydrogen-bond donors (Lipinski definition) is 2. The van der Waals surface area contributed by atoms with Gasteiger partial charge >= 0.3 is 5.97 Å². The molecule has 0 radical (unpaired) electrons. The second kappa shape index (κ2) is 7.98. The molecule has 140 valence electrons. The van der Waals surface area contributed by atoms with Gasteiger partial charge in [-0.25, -0.2) is 0 Å². The highest BCUT2D eigenvalue weighted by Gasteiger charge is 2.42. The molecule has 3 rings (SSSR count). The molecule has 2 aliphatic carbocycles. The maximum Gasteiger partial charge on any atom is 0.311 e. The van der Waals surface area contributed by atoms with E-state index in [-0.39, 0.29) is 24.3 Å². The number of carboxylic acids is 1. The van der Waals surface area contributed by atoms with Crippen molar-refractivity contribution >= 4 is 29.5 Å². The average molecular weight is 368 g/mol. The van der Waals surface area contributed by atoms with Crippen molar-refractivity contribution in [1.29, 1.82) is 0 Å². The third kappa shape index (κ3) is 3.96. The van der Waals surface area contributed by atoms with Crippen LogP contribution in [0.15, 0.2) is 0 Å². The molecule has 1 aliphatic heterocycles. The lowest BCUT2D eigenvalue weighted by atomic mass is 9.74. The number of thioether (sulfide) groups is 1. The summed E-state index contributed by atoms with van der Waals surface area (Å²) in [7, 11) is 0. The van der Waals surface area contributed by atoms with Crippen LogP contribution in [0.1, 0.15) is 57.8 Å². The molecule has 1 atom stereocenters. The normalized spacial score (nSPS) is 26.6. The third-order valence-electron chi connectivity index (χ3n) is 6.04. The first kappa shape index (κ1) is 18.5. The molecule has 2 saturated carbocycles. The van der Waals surface area contributed by atoms with Gasteiger partial charge in [-0.2, -0.15) is 0 Å². The highest BCUT2D eigenvalue weighted by molar-refractivity contribution is 7.99. The van der Waals surface area contributed by atoms with Crippen LogP contribution in [0.2, 0.25) is 0 Å². The minimum absolute atomic E-state index is 0.0673. The van der Waals surface area contributed by atoms with Gasteiger partial charge in [-0.1, -0.05) is 32.1 Å². The minimum atomic E-state index is -0.833. The van der Waals surface area contributed by atoms with Crippen molar-refractivity contribution < 1.29 is 19.5 Å². The lowest BCUT2D eigenvalue weighted by molar-refractivity contribution is -0.151. The topological polar surface area (TPSA) is 86.7 Å². The van der Waals surface area contributed by atoms with Crippen LogP contribution in [0, 0.1) is 11.3 Å². The second-order valence-corrected chi connectivity index (χ2v) is 8.67. The summed E-state index contributed by atoms with van der Waals surface area (Å²) in [4.78, 5) is 38.8. The molecule has 6 nitrogen and oxygen atoms in total. The Kier molecular flexibility index (Phi) is 5.92. The van der Waals surface area contributed by atoms with Crippen molar-refractivity contribution in [2.45, 2.75) is 63.8 Å². The molecule has 1 heterocycles. The number of hydrogen-bond acceptors (Lipinski definition) is 4. The van der Waals surface area contributed by atoms with E-state index in [1.165, 1.54) is 0 Å². The van der Waals surface area contributed by atoms with Crippen LogP contribution in [0.3, 0.4) is 0 Å². The summed E-state index contributed by atoms with van der Waals surface area (Å²) in [5.41, 5.74) is -0.833. The zero-order valence-electron chi connectivity index (χ0n) is 14.7. The minimum Gasteiger partial charge on any atom is -0.481 e. The number of nitrogens with one attached hydrogen (secondary N) is 1. The molecule has 2 N–H and O–H groups in total. The van der Waals surface area contributed by atoms with Crippen molar-refractivity contribution in [2.24, 2.45) is 11.3 Å². The van der Waals surface area contributed by atoms with Crippen molar-refractivity contribution in [3.05, 3.63) is 0 Å². The monoisotopic (exact) mass is 368 g/mol. The van der Waals surface area contributed by atoms with E-state index in [1.807, 2.05) is 0 Å². The van der Waals surface area contributed by atoms with Gasteiger partial charge in [0.25, 0.3) is 0 Å². The van der Waals surface area contributed by atoms with E-state index in [0.717, 1.165) is 44.9 Å². The molecule has 0 bridgehead atoms. The smallest absolute Gasteiger partial charge is 0.311 e. The fraction of sp³-hybridized carbons (Fsp3) is 0.833. The lowest BCUT2D eigenvalue weighted by Gasteiger charge is -2.34. The fourth-order valence-electron chi connectivity index (χ4n) is 4.35. The quantitative estimate of drug-likeness (QED) is 0.777. The van der Waals surface area contributed by atoms with Gasteiger partial charge in [0.2, 0.25) is 11.8 Å². The predicted molar refractivity (Wildman–Crippen MR) is 96.1 cm³/mol. The second-order valence-electron chi connectivity index (χ2n) is 7.67. The first-order valence-corrected chi connectivity index (χ1v) is 10.6. The molecule has 7 heteroatoms. The maximum atomic E-state index is 12.7. The molecule has 3 fully saturated rings. The van der Waals surface area contributed by atoms with Crippen LogP contribution in [-0.2, 0) is 14.4 Å². The van der Waals surface area contributed by atoms with Crippen molar-refractivity contribution in [1.82, 2.24) is 10.2 Å². The Morgan fingerprint density at radius 2 is 1.76 bits per heavy atom. The van der Waals surface area contributed by atoms with Crippen LogP contribution < -0.4 is 5.32 Å². The number of carbonyl (C=O) groups is 3. The Bertz CT molecular complexity index is 527. The van der Waals surface area contributed by atoms with Gasteiger partial charge in [-0.15, -0.1) is 11.8 Å².